The molecule has 0 saturated carbocycles. The SMILES string of the molecule is O=C(NO)c1ccc(CNC(=O)c2ccc([C@@]3(c4ccc(F)cc4)CCCO3)cc2)cc1. The summed E-state index contributed by atoms with van der Waals surface area (Å²) in [5.41, 5.74) is 4.42. The molecule has 0 aromatic heterocycles. The van der Waals surface area contributed by atoms with E-state index in [1.165, 1.54) is 12.1 Å². The molecule has 4 rings (SSSR count). The highest BCUT2D eigenvalue weighted by atomic mass is 19.1. The van der Waals surface area contributed by atoms with E-state index in [-0.39, 0.29) is 11.7 Å². The van der Waals surface area contributed by atoms with Gasteiger partial charge in [0.25, 0.3) is 11.8 Å². The van der Waals surface area contributed by atoms with Gasteiger partial charge in [-0.3, -0.25) is 14.8 Å². The molecule has 6 nitrogen and oxygen atoms in total. The first-order valence-corrected chi connectivity index (χ1v) is 10.3. The monoisotopic (exact) mass is 434 g/mol. The average Bonchev–Trinajstić information content (AvgIpc) is 3.34. The number of ether oxygens (including phenoxy) is 1. The number of carbonyl (C=O) groups is 2. The number of nitrogens with one attached hydrogen (secondary N) is 2. The van der Waals surface area contributed by atoms with Crippen LogP contribution < -0.4 is 10.8 Å². The Morgan fingerprint density at radius 2 is 1.44 bits per heavy atom. The second-order valence-corrected chi connectivity index (χ2v) is 7.68. The van der Waals surface area contributed by atoms with Crippen LogP contribution in [0.4, 0.5) is 4.39 Å². The lowest BCUT2D eigenvalue weighted by atomic mass is 9.83. The van der Waals surface area contributed by atoms with Gasteiger partial charge in [0.1, 0.15) is 11.4 Å². The molecule has 0 radical (unpaired) electrons. The Morgan fingerprint density at radius 3 is 2.00 bits per heavy atom. The van der Waals surface area contributed by atoms with E-state index in [0.717, 1.165) is 29.5 Å². The number of carbonyl (C=O) groups excluding carboxylic acids is 2. The van der Waals surface area contributed by atoms with Crippen molar-refractivity contribution in [2.45, 2.75) is 25.0 Å². The van der Waals surface area contributed by atoms with Crippen LogP contribution in [0.1, 0.15) is 50.2 Å². The molecule has 2 amide bonds. The molecule has 3 aromatic rings. The van der Waals surface area contributed by atoms with Gasteiger partial charge in [-0.1, -0.05) is 36.4 Å². The van der Waals surface area contributed by atoms with Crippen LogP contribution in [-0.4, -0.2) is 23.6 Å². The summed E-state index contributed by atoms with van der Waals surface area (Å²) in [5.74, 6) is -1.11. The fraction of sp³-hybridized carbons (Fsp3) is 0.200. The van der Waals surface area contributed by atoms with Crippen LogP contribution in [0, 0.1) is 5.82 Å². The zero-order chi connectivity index (χ0) is 22.6. The largest absolute Gasteiger partial charge is 0.366 e. The maximum atomic E-state index is 13.4. The van der Waals surface area contributed by atoms with E-state index in [1.807, 2.05) is 12.1 Å². The summed E-state index contributed by atoms with van der Waals surface area (Å²) in [7, 11) is 0. The van der Waals surface area contributed by atoms with Crippen LogP contribution in [-0.2, 0) is 16.9 Å². The Labute approximate surface area is 185 Å². The molecule has 1 saturated heterocycles. The molecule has 1 aliphatic heterocycles. The predicted octanol–water partition coefficient (Wildman–Crippen LogP) is 3.93. The molecule has 1 atom stereocenters. The summed E-state index contributed by atoms with van der Waals surface area (Å²) in [6, 6.07) is 20.2. The van der Waals surface area contributed by atoms with Gasteiger partial charge in [-0.05, 0) is 65.9 Å². The lowest BCUT2D eigenvalue weighted by Crippen LogP contribution is -2.27. The quantitative estimate of drug-likeness (QED) is 0.405. The zero-order valence-electron chi connectivity index (χ0n) is 17.3. The minimum Gasteiger partial charge on any atom is -0.366 e. The molecule has 0 bridgehead atoms. The molecule has 1 heterocycles. The first kappa shape index (κ1) is 21.7. The molecule has 7 heteroatoms. The van der Waals surface area contributed by atoms with E-state index in [0.29, 0.717) is 24.3 Å². The van der Waals surface area contributed by atoms with Gasteiger partial charge in [-0.2, -0.15) is 0 Å². The fourth-order valence-electron chi connectivity index (χ4n) is 3.99. The lowest BCUT2D eigenvalue weighted by molar-refractivity contribution is 0.0359. The predicted molar refractivity (Wildman–Crippen MR) is 116 cm³/mol. The number of hydroxylamine groups is 1. The second kappa shape index (κ2) is 9.30. The third kappa shape index (κ3) is 4.39. The molecule has 3 N–H and O–H groups in total. The summed E-state index contributed by atoms with van der Waals surface area (Å²) in [4.78, 5) is 23.9. The van der Waals surface area contributed by atoms with Crippen molar-refractivity contribution in [3.63, 3.8) is 0 Å². The van der Waals surface area contributed by atoms with Crippen LogP contribution in [0.15, 0.2) is 72.8 Å². The Morgan fingerprint density at radius 1 is 0.875 bits per heavy atom. The van der Waals surface area contributed by atoms with E-state index in [9.17, 15) is 14.0 Å². The number of rotatable bonds is 6. The highest BCUT2D eigenvalue weighted by Crippen LogP contribution is 2.42. The first-order chi connectivity index (χ1) is 15.5. The third-order valence-corrected chi connectivity index (χ3v) is 5.72. The van der Waals surface area contributed by atoms with Gasteiger partial charge in [-0.15, -0.1) is 0 Å². The topological polar surface area (TPSA) is 87.7 Å². The molecule has 32 heavy (non-hydrogen) atoms. The van der Waals surface area contributed by atoms with Crippen molar-refractivity contribution in [2.75, 3.05) is 6.61 Å². The number of benzene rings is 3. The minimum absolute atomic E-state index is 0.225. The average molecular weight is 434 g/mol. The minimum atomic E-state index is -0.634. The van der Waals surface area contributed by atoms with Crippen molar-refractivity contribution in [1.82, 2.24) is 10.8 Å². The standard InChI is InChI=1S/C25H23FN2O4/c26-22-12-10-21(11-13-22)25(14-1-15-32-25)20-8-6-18(7-9-20)23(29)27-16-17-2-4-19(5-3-17)24(30)28-31/h2-13,31H,1,14-16H2,(H,27,29)(H,28,30)/t25-/m1/s1. The smallest absolute Gasteiger partial charge is 0.274 e. The molecule has 3 aromatic carbocycles. The second-order valence-electron chi connectivity index (χ2n) is 7.68. The van der Waals surface area contributed by atoms with Gasteiger partial charge >= 0.3 is 0 Å². The van der Waals surface area contributed by atoms with Crippen molar-refractivity contribution in [2.24, 2.45) is 0 Å². The zero-order valence-corrected chi connectivity index (χ0v) is 17.3. The molecular formula is C25H23FN2O4. The summed E-state index contributed by atoms with van der Waals surface area (Å²) >= 11 is 0. The van der Waals surface area contributed by atoms with Crippen molar-refractivity contribution < 1.29 is 23.9 Å². The normalized spacial score (nSPS) is 17.7. The number of hydrogen-bond donors (Lipinski definition) is 3. The maximum absolute atomic E-state index is 13.4. The molecule has 0 aliphatic carbocycles. The van der Waals surface area contributed by atoms with E-state index < -0.39 is 11.5 Å². The highest BCUT2D eigenvalue weighted by molar-refractivity contribution is 5.94. The molecule has 0 unspecified atom stereocenters. The first-order valence-electron chi connectivity index (χ1n) is 10.3. The van der Waals surface area contributed by atoms with Gasteiger partial charge in [0, 0.05) is 24.3 Å². The van der Waals surface area contributed by atoms with Crippen molar-refractivity contribution >= 4 is 11.8 Å². The highest BCUT2D eigenvalue weighted by Gasteiger charge is 2.38. The summed E-state index contributed by atoms with van der Waals surface area (Å²) in [6.45, 7) is 0.919. The van der Waals surface area contributed by atoms with Gasteiger partial charge in [0.05, 0.1) is 0 Å². The van der Waals surface area contributed by atoms with Gasteiger partial charge in [0.2, 0.25) is 0 Å². The van der Waals surface area contributed by atoms with E-state index in [1.54, 1.807) is 54.0 Å². The summed E-state index contributed by atoms with van der Waals surface area (Å²) in [6.07, 6.45) is 1.69. The Hall–Kier alpha value is -3.55. The van der Waals surface area contributed by atoms with Crippen LogP contribution in [0.5, 0.6) is 0 Å². The molecular weight excluding hydrogens is 411 g/mol. The van der Waals surface area contributed by atoms with E-state index in [4.69, 9.17) is 9.94 Å². The van der Waals surface area contributed by atoms with Crippen molar-refractivity contribution in [3.8, 4) is 0 Å². The van der Waals surface area contributed by atoms with Crippen LogP contribution in [0.2, 0.25) is 0 Å². The molecule has 1 aliphatic rings. The third-order valence-electron chi connectivity index (χ3n) is 5.72. The van der Waals surface area contributed by atoms with Crippen LogP contribution >= 0.6 is 0 Å². The van der Waals surface area contributed by atoms with E-state index in [2.05, 4.69) is 5.32 Å². The number of halogens is 1. The van der Waals surface area contributed by atoms with Crippen molar-refractivity contribution in [1.29, 1.82) is 0 Å². The Kier molecular flexibility index (Phi) is 6.30. The number of amides is 2. The van der Waals surface area contributed by atoms with Gasteiger partial charge in [-0.25, -0.2) is 9.87 Å². The van der Waals surface area contributed by atoms with Gasteiger partial charge < -0.3 is 10.1 Å². The molecule has 1 fully saturated rings. The molecule has 164 valence electrons. The Balaban J connectivity index is 1.45. The van der Waals surface area contributed by atoms with Gasteiger partial charge in [0.15, 0.2) is 0 Å². The fourth-order valence-corrected chi connectivity index (χ4v) is 3.99. The van der Waals surface area contributed by atoms with E-state index >= 15 is 0 Å². The maximum Gasteiger partial charge on any atom is 0.274 e. The summed E-state index contributed by atoms with van der Waals surface area (Å²) < 4.78 is 19.5. The summed E-state index contributed by atoms with van der Waals surface area (Å²) in [5, 5.41) is 11.5. The lowest BCUT2D eigenvalue weighted by Gasteiger charge is -2.30. The van der Waals surface area contributed by atoms with Crippen molar-refractivity contribution in [3.05, 3.63) is 106 Å². The van der Waals surface area contributed by atoms with Crippen LogP contribution in [0.3, 0.4) is 0 Å². The Bertz CT molecular complexity index is 1090. The van der Waals surface area contributed by atoms with Crippen LogP contribution in [0.25, 0.3) is 0 Å². The number of hydrogen-bond acceptors (Lipinski definition) is 4. The molecule has 0 spiro atoms.